The molecule has 0 aliphatic carbocycles. The van der Waals surface area contributed by atoms with Gasteiger partial charge in [0.25, 0.3) is 11.7 Å². The van der Waals surface area contributed by atoms with E-state index in [2.05, 4.69) is 4.90 Å². The minimum absolute atomic E-state index is 0.0639. The standard InChI is InChI=1S/C27H32N2O5/c1-5-19-8-10-21(11-9-19)25(31)23-24(20-12-14-22(15-13-20)34-18(4)30)29(27(33)26(23)32)17-16-28(6-2)7-3/h8-15,24,31H,5-7,16-17H2,1-4H3/b25-23-. The van der Waals surface area contributed by atoms with E-state index in [9.17, 15) is 19.5 Å². The summed E-state index contributed by atoms with van der Waals surface area (Å²) in [7, 11) is 0. The number of ketones is 1. The molecule has 7 nitrogen and oxygen atoms in total. The van der Waals surface area contributed by atoms with Crippen LogP contribution in [0.1, 0.15) is 50.4 Å². The summed E-state index contributed by atoms with van der Waals surface area (Å²) in [6.07, 6.45) is 0.853. The minimum atomic E-state index is -0.743. The fraction of sp³-hybridized carbons (Fsp3) is 0.370. The number of carbonyl (C=O) groups excluding carboxylic acids is 3. The van der Waals surface area contributed by atoms with Crippen molar-refractivity contribution in [2.75, 3.05) is 26.2 Å². The molecule has 1 heterocycles. The van der Waals surface area contributed by atoms with E-state index in [1.807, 2.05) is 32.9 Å². The molecule has 1 amide bonds. The lowest BCUT2D eigenvalue weighted by molar-refractivity contribution is -0.140. The molecule has 1 atom stereocenters. The van der Waals surface area contributed by atoms with Gasteiger partial charge in [0.1, 0.15) is 11.5 Å². The van der Waals surface area contributed by atoms with Crippen LogP contribution in [0.5, 0.6) is 5.75 Å². The molecule has 0 spiro atoms. The van der Waals surface area contributed by atoms with Gasteiger partial charge in [0.15, 0.2) is 0 Å². The van der Waals surface area contributed by atoms with Crippen LogP contribution in [-0.2, 0) is 20.8 Å². The number of nitrogens with zero attached hydrogens (tertiary/aromatic N) is 2. The molecular formula is C27H32N2O5. The lowest BCUT2D eigenvalue weighted by Gasteiger charge is -2.28. The van der Waals surface area contributed by atoms with E-state index in [1.165, 1.54) is 11.8 Å². The maximum Gasteiger partial charge on any atom is 0.308 e. The molecule has 0 aromatic heterocycles. The third-order valence-corrected chi connectivity index (χ3v) is 6.18. The van der Waals surface area contributed by atoms with Gasteiger partial charge in [0.2, 0.25) is 0 Å². The maximum absolute atomic E-state index is 13.1. The van der Waals surface area contributed by atoms with Crippen LogP contribution in [-0.4, -0.2) is 58.7 Å². The Kier molecular flexibility index (Phi) is 8.23. The number of hydrogen-bond acceptors (Lipinski definition) is 6. The van der Waals surface area contributed by atoms with Gasteiger partial charge in [-0.05, 0) is 42.8 Å². The predicted molar refractivity (Wildman–Crippen MR) is 130 cm³/mol. The van der Waals surface area contributed by atoms with E-state index < -0.39 is 23.7 Å². The number of aryl methyl sites for hydroxylation is 1. The Balaban J connectivity index is 2.06. The number of ether oxygens (including phenoxy) is 1. The summed E-state index contributed by atoms with van der Waals surface area (Å²) in [5.41, 5.74) is 2.31. The molecule has 1 N–H and O–H groups in total. The topological polar surface area (TPSA) is 87.2 Å². The van der Waals surface area contributed by atoms with E-state index >= 15 is 0 Å². The highest BCUT2D eigenvalue weighted by Crippen LogP contribution is 2.39. The summed E-state index contributed by atoms with van der Waals surface area (Å²) in [5, 5.41) is 11.2. The fourth-order valence-electron chi connectivity index (χ4n) is 4.18. The summed E-state index contributed by atoms with van der Waals surface area (Å²) < 4.78 is 5.12. The molecule has 1 aliphatic rings. The Morgan fingerprint density at radius 2 is 1.62 bits per heavy atom. The molecule has 0 bridgehead atoms. The number of aliphatic hydroxyl groups excluding tert-OH is 1. The van der Waals surface area contributed by atoms with Gasteiger partial charge in [-0.15, -0.1) is 0 Å². The van der Waals surface area contributed by atoms with Crippen molar-refractivity contribution in [2.24, 2.45) is 0 Å². The largest absolute Gasteiger partial charge is 0.507 e. The molecule has 0 radical (unpaired) electrons. The van der Waals surface area contributed by atoms with E-state index in [0.717, 1.165) is 25.1 Å². The van der Waals surface area contributed by atoms with Crippen LogP contribution < -0.4 is 4.74 Å². The number of likely N-dealkylation sites (tertiary alicyclic amines) is 1. The van der Waals surface area contributed by atoms with Crippen LogP contribution in [0.25, 0.3) is 5.76 Å². The number of rotatable bonds is 9. The number of aliphatic hydroxyl groups is 1. The summed E-state index contributed by atoms with van der Waals surface area (Å²) in [5.74, 6) is -1.60. The van der Waals surface area contributed by atoms with Crippen molar-refractivity contribution in [3.05, 3.63) is 70.8 Å². The van der Waals surface area contributed by atoms with Crippen molar-refractivity contribution in [3.63, 3.8) is 0 Å². The minimum Gasteiger partial charge on any atom is -0.507 e. The summed E-state index contributed by atoms with van der Waals surface area (Å²) in [4.78, 5) is 41.2. The van der Waals surface area contributed by atoms with E-state index in [1.54, 1.807) is 36.4 Å². The number of amides is 1. The quantitative estimate of drug-likeness (QED) is 0.199. The Morgan fingerprint density at radius 3 is 2.15 bits per heavy atom. The van der Waals surface area contributed by atoms with Crippen molar-refractivity contribution >= 4 is 23.4 Å². The molecule has 180 valence electrons. The van der Waals surface area contributed by atoms with Crippen molar-refractivity contribution in [1.29, 1.82) is 0 Å². The first-order valence-electron chi connectivity index (χ1n) is 11.7. The fourth-order valence-corrected chi connectivity index (χ4v) is 4.18. The van der Waals surface area contributed by atoms with Crippen molar-refractivity contribution in [1.82, 2.24) is 9.80 Å². The van der Waals surface area contributed by atoms with Crippen LogP contribution in [0.2, 0.25) is 0 Å². The summed E-state index contributed by atoms with van der Waals surface area (Å²) in [6, 6.07) is 13.3. The molecule has 3 rings (SSSR count). The molecular weight excluding hydrogens is 432 g/mol. The Hall–Kier alpha value is -3.45. The van der Waals surface area contributed by atoms with Gasteiger partial charge in [-0.2, -0.15) is 0 Å². The first-order valence-corrected chi connectivity index (χ1v) is 11.7. The zero-order chi connectivity index (χ0) is 24.8. The number of hydrogen-bond donors (Lipinski definition) is 1. The molecule has 2 aromatic carbocycles. The van der Waals surface area contributed by atoms with Gasteiger partial charge in [-0.25, -0.2) is 0 Å². The Morgan fingerprint density at radius 1 is 1.00 bits per heavy atom. The molecule has 1 unspecified atom stereocenters. The Bertz CT molecular complexity index is 1070. The van der Waals surface area contributed by atoms with Crippen LogP contribution in [0.4, 0.5) is 0 Å². The van der Waals surface area contributed by atoms with Gasteiger partial charge in [0.05, 0.1) is 11.6 Å². The zero-order valence-electron chi connectivity index (χ0n) is 20.2. The third kappa shape index (κ3) is 5.37. The molecule has 1 fully saturated rings. The monoisotopic (exact) mass is 464 g/mol. The molecule has 1 saturated heterocycles. The Labute approximate surface area is 200 Å². The maximum atomic E-state index is 13.1. The van der Waals surface area contributed by atoms with Crippen LogP contribution in [0.15, 0.2) is 54.1 Å². The van der Waals surface area contributed by atoms with Gasteiger partial charge in [0, 0.05) is 25.6 Å². The second-order valence-corrected chi connectivity index (χ2v) is 8.23. The van der Waals surface area contributed by atoms with Gasteiger partial charge in [-0.3, -0.25) is 14.4 Å². The first kappa shape index (κ1) is 25.2. The highest BCUT2D eigenvalue weighted by Gasteiger charge is 2.46. The van der Waals surface area contributed by atoms with Crippen molar-refractivity contribution < 1.29 is 24.2 Å². The molecule has 34 heavy (non-hydrogen) atoms. The second kappa shape index (κ2) is 11.1. The van der Waals surface area contributed by atoms with Gasteiger partial charge >= 0.3 is 5.97 Å². The molecule has 0 saturated carbocycles. The SMILES string of the molecule is CCc1ccc(/C(O)=C2/C(=O)C(=O)N(CCN(CC)CC)C2c2ccc(OC(C)=O)cc2)cc1. The normalized spacial score (nSPS) is 17.4. The number of benzene rings is 2. The number of carbonyl (C=O) groups is 3. The van der Waals surface area contributed by atoms with Crippen molar-refractivity contribution in [2.45, 2.75) is 40.2 Å². The summed E-state index contributed by atoms with van der Waals surface area (Å²) in [6.45, 7) is 10.0. The van der Waals surface area contributed by atoms with Gasteiger partial charge < -0.3 is 19.6 Å². The highest BCUT2D eigenvalue weighted by molar-refractivity contribution is 6.46. The number of esters is 1. The zero-order valence-corrected chi connectivity index (χ0v) is 20.2. The van der Waals surface area contributed by atoms with E-state index in [0.29, 0.717) is 30.0 Å². The highest BCUT2D eigenvalue weighted by atomic mass is 16.5. The third-order valence-electron chi connectivity index (χ3n) is 6.18. The smallest absolute Gasteiger partial charge is 0.308 e. The van der Waals surface area contributed by atoms with Gasteiger partial charge in [-0.1, -0.05) is 57.2 Å². The molecule has 2 aromatic rings. The molecule has 1 aliphatic heterocycles. The second-order valence-electron chi connectivity index (χ2n) is 8.23. The predicted octanol–water partition coefficient (Wildman–Crippen LogP) is 3.94. The van der Waals surface area contributed by atoms with Crippen LogP contribution >= 0.6 is 0 Å². The van der Waals surface area contributed by atoms with Crippen LogP contribution in [0, 0.1) is 0 Å². The lowest BCUT2D eigenvalue weighted by Crippen LogP contribution is -2.38. The average molecular weight is 465 g/mol. The molecule has 7 heteroatoms. The van der Waals surface area contributed by atoms with Crippen LogP contribution in [0.3, 0.4) is 0 Å². The number of Topliss-reactive ketones (excluding diaryl/α,β-unsaturated/α-hetero) is 1. The van der Waals surface area contributed by atoms with Crippen molar-refractivity contribution in [3.8, 4) is 5.75 Å². The van der Waals surface area contributed by atoms with E-state index in [-0.39, 0.29) is 11.3 Å². The van der Waals surface area contributed by atoms with E-state index in [4.69, 9.17) is 4.74 Å². The summed E-state index contributed by atoms with van der Waals surface area (Å²) >= 11 is 0. The number of likely N-dealkylation sites (N-methyl/N-ethyl adjacent to an activating group) is 1. The average Bonchev–Trinajstić information content (AvgIpc) is 3.09. The lowest BCUT2D eigenvalue weighted by atomic mass is 9.95. The first-order chi connectivity index (χ1) is 16.3.